The second-order valence-corrected chi connectivity index (χ2v) is 4.37. The van der Waals surface area contributed by atoms with Gasteiger partial charge in [0, 0.05) is 0 Å². The van der Waals surface area contributed by atoms with Crippen LogP contribution >= 0.6 is 0 Å². The van der Waals surface area contributed by atoms with E-state index < -0.39 is 0 Å². The molecule has 0 saturated heterocycles. The predicted molar refractivity (Wildman–Crippen MR) is 27.0 cm³/mol. The standard InChI is InChI=1S/BH2.Ca.Fe.H3Si.2H/h1H2;;;1H3;;/q+1;;-1;;;. The number of hydrogen-bond acceptors (Lipinski definition) is 0. The van der Waals surface area contributed by atoms with E-state index in [2.05, 4.69) is 6.66 Å². The molecule has 0 aromatic heterocycles. The van der Waals surface area contributed by atoms with E-state index in [1.54, 1.807) is 0 Å². The van der Waals surface area contributed by atoms with Crippen LogP contribution in [0.15, 0.2) is 0 Å². The normalized spacial score (nSPS) is 6.00. The first-order valence-electron chi connectivity index (χ1n) is 0.707. The molecule has 0 bridgehead atoms. The molecule has 0 aliphatic heterocycles. The van der Waals surface area contributed by atoms with E-state index in [9.17, 15) is 0 Å². The van der Waals surface area contributed by atoms with E-state index in [1.165, 1.54) is 23.0 Å². The van der Waals surface area contributed by atoms with Crippen molar-refractivity contribution in [1.82, 2.24) is 0 Å². The minimum absolute atomic E-state index is 0. The van der Waals surface area contributed by atoms with E-state index in [-0.39, 0.29) is 37.7 Å². The second-order valence-electron chi connectivity index (χ2n) is 0.354. The molecule has 0 aromatic rings. The topological polar surface area (TPSA) is 0 Å². The first-order chi connectivity index (χ1) is 1.41. The van der Waals surface area contributed by atoms with Crippen LogP contribution in [0.25, 0.3) is 0 Å². The van der Waals surface area contributed by atoms with E-state index in [0.717, 1.165) is 0 Å². The molecule has 0 radical (unpaired) electrons. The zero-order chi connectivity index (χ0) is 2.71. The molecule has 0 nitrogen and oxygen atoms in total. The number of hydrogen-bond donors (Lipinski definition) is 0. The molecule has 0 saturated carbocycles. The summed E-state index contributed by atoms with van der Waals surface area (Å²) in [6.07, 6.45) is 0. The Balaban J connectivity index is 0. The molecule has 0 rings (SSSR count). The van der Waals surface area contributed by atoms with Crippen molar-refractivity contribution in [2.24, 2.45) is 0 Å². The molecule has 0 spiro atoms. The van der Waals surface area contributed by atoms with Crippen LogP contribution in [0, 0.1) is 0 Å². The van der Waals surface area contributed by atoms with Crippen molar-refractivity contribution in [3.63, 3.8) is 0 Å². The Morgan fingerprint density at radius 1 is 1.75 bits per heavy atom. The van der Waals surface area contributed by atoms with E-state index in [0.29, 0.717) is 0 Å². The summed E-state index contributed by atoms with van der Waals surface area (Å²) in [6.45, 7) is 2.19. The van der Waals surface area contributed by atoms with Gasteiger partial charge in [0.25, 0.3) is 0 Å². The molecule has 0 aromatic carbocycles. The third kappa shape index (κ3) is 8.96. The molecule has 0 heterocycles. The predicted octanol–water partition coefficient (Wildman–Crippen LogP) is -3.02. The maximum atomic E-state index is 2.19. The Labute approximate surface area is 66.4 Å². The zero-order valence-corrected chi connectivity index (χ0v) is 5.46. The maximum absolute atomic E-state index is 2.19. The van der Waals surface area contributed by atoms with Crippen molar-refractivity contribution >= 4 is 53.2 Å². The van der Waals surface area contributed by atoms with Gasteiger partial charge in [-0.05, 0) is 0 Å². The van der Waals surface area contributed by atoms with Crippen LogP contribution in [-0.4, -0.2) is 53.2 Å². The van der Waals surface area contributed by atoms with Gasteiger partial charge in [0.05, 0.1) is 0 Å². The molecular weight excluding hydrogens is 135 g/mol. The van der Waals surface area contributed by atoms with Crippen LogP contribution < -0.4 is 0 Å². The van der Waals surface area contributed by atoms with Crippen LogP contribution in [0.1, 0.15) is 0 Å². The summed E-state index contributed by atoms with van der Waals surface area (Å²) in [7, 11) is 1.37. The summed E-state index contributed by atoms with van der Waals surface area (Å²) in [4.78, 5) is 0. The molecule has 0 unspecified atom stereocenters. The van der Waals surface area contributed by atoms with Gasteiger partial charge in [0.15, 0.2) is 0 Å². The monoisotopic (exact) mass is 142 g/mol. The molecule has 0 fully saturated rings. The van der Waals surface area contributed by atoms with Gasteiger partial charge in [-0.2, -0.15) is 0 Å². The van der Waals surface area contributed by atoms with Gasteiger partial charge in [0.2, 0.25) is 0 Å². The third-order valence-corrected chi connectivity index (χ3v) is 0. The molecule has 0 aliphatic carbocycles. The van der Waals surface area contributed by atoms with Crippen LogP contribution in [-0.2, 0) is 14.1 Å². The Kier molecular flexibility index (Phi) is 21.0. The summed E-state index contributed by atoms with van der Waals surface area (Å²) in [5, 5.41) is 0. The molecule has 0 N–H and O–H groups in total. The quantitative estimate of drug-likeness (QED) is 0.316. The van der Waals surface area contributed by atoms with Gasteiger partial charge < -0.3 is 0 Å². The van der Waals surface area contributed by atoms with Crippen molar-refractivity contribution in [2.75, 3.05) is 0 Å². The van der Waals surface area contributed by atoms with Crippen LogP contribution in [0.2, 0.25) is 0 Å². The second kappa shape index (κ2) is 8.91. The molecule has 24 valence electrons. The first kappa shape index (κ1) is 9.41. The Hall–Kier alpha value is 2.06. The van der Waals surface area contributed by atoms with Gasteiger partial charge in [0.1, 0.15) is 0 Å². The zero-order valence-electron chi connectivity index (χ0n) is 2.35. The molecule has 0 amide bonds. The van der Waals surface area contributed by atoms with Crippen molar-refractivity contribution in [1.29, 1.82) is 0 Å². The van der Waals surface area contributed by atoms with Gasteiger partial charge >= 0.3 is 67.4 Å². The summed E-state index contributed by atoms with van der Waals surface area (Å²) >= 11 is 1.39. The minimum atomic E-state index is 0. The Morgan fingerprint density at radius 3 is 1.75 bits per heavy atom. The molecule has 4 heavy (non-hydrogen) atoms. The Bertz CT molecular complexity index is 8.00. The molecule has 0 atom stereocenters. The summed E-state index contributed by atoms with van der Waals surface area (Å²) in [5.41, 5.74) is 0. The van der Waals surface area contributed by atoms with Crippen LogP contribution in [0.3, 0.4) is 0 Å². The third-order valence-electron chi connectivity index (χ3n) is 0. The van der Waals surface area contributed by atoms with E-state index >= 15 is 0 Å². The van der Waals surface area contributed by atoms with Crippen molar-refractivity contribution in [3.8, 4) is 0 Å². The van der Waals surface area contributed by atoms with Crippen molar-refractivity contribution in [2.45, 2.75) is 0 Å². The van der Waals surface area contributed by atoms with Crippen LogP contribution in [0.4, 0.5) is 0 Å². The van der Waals surface area contributed by atoms with Crippen molar-refractivity contribution < 1.29 is 14.1 Å². The summed E-state index contributed by atoms with van der Waals surface area (Å²) in [5.74, 6) is 0. The van der Waals surface area contributed by atoms with E-state index in [1.807, 2.05) is 0 Å². The van der Waals surface area contributed by atoms with Crippen LogP contribution in [0.5, 0.6) is 0 Å². The first-order valence-corrected chi connectivity index (χ1v) is 5.83. The van der Waals surface area contributed by atoms with Gasteiger partial charge in [-0.1, -0.05) is 0 Å². The molecule has 4 heteroatoms. The van der Waals surface area contributed by atoms with E-state index in [4.69, 9.17) is 0 Å². The Morgan fingerprint density at radius 2 is 1.75 bits per heavy atom. The summed E-state index contributed by atoms with van der Waals surface area (Å²) in [6, 6.07) is 0. The fourth-order valence-electron chi connectivity index (χ4n) is 0. The van der Waals surface area contributed by atoms with Gasteiger partial charge in [-0.15, -0.1) is 0 Å². The molecule has 0 aliphatic rings. The summed E-state index contributed by atoms with van der Waals surface area (Å²) < 4.78 is 0. The van der Waals surface area contributed by atoms with Gasteiger partial charge in [-0.3, -0.25) is 0 Å². The SMILES string of the molecule is [BH2][Fe][SiH3].[CaH2]. The number of rotatable bonds is 0. The average Bonchev–Trinajstić information content (AvgIpc) is 0.918. The van der Waals surface area contributed by atoms with Gasteiger partial charge in [-0.25, -0.2) is 0 Å². The van der Waals surface area contributed by atoms with Crippen molar-refractivity contribution in [3.05, 3.63) is 0 Å². The molecular formula is H7BCaFeSi. The fraction of sp³-hybridized carbons (Fsp3) is 0. The average molecular weight is 142 g/mol. The fourth-order valence-corrected chi connectivity index (χ4v) is 0.